The molecule has 8 heteroatoms. The monoisotopic (exact) mass is 301 g/mol. The highest BCUT2D eigenvalue weighted by atomic mass is 32.2. The van der Waals surface area contributed by atoms with Gasteiger partial charge in [-0.2, -0.15) is 0 Å². The fraction of sp³-hybridized carbons (Fsp3) is 0.583. The number of carbonyl (C=O) groups is 1. The van der Waals surface area contributed by atoms with Crippen LogP contribution in [0.5, 0.6) is 0 Å². The average Bonchev–Trinajstić information content (AvgIpc) is 2.33. The molecule has 20 heavy (non-hydrogen) atoms. The van der Waals surface area contributed by atoms with E-state index in [1.165, 1.54) is 6.92 Å². The highest BCUT2D eigenvalue weighted by molar-refractivity contribution is 7.91. The largest absolute Gasteiger partial charge is 0.480 e. The first-order valence-corrected chi connectivity index (χ1v) is 8.07. The summed E-state index contributed by atoms with van der Waals surface area (Å²) in [6, 6.07) is 0.736. The predicted molar refractivity (Wildman–Crippen MR) is 75.5 cm³/mol. The van der Waals surface area contributed by atoms with Gasteiger partial charge in [0.25, 0.3) is 0 Å². The van der Waals surface area contributed by atoms with Gasteiger partial charge in [0.1, 0.15) is 15.9 Å². The van der Waals surface area contributed by atoms with Gasteiger partial charge < -0.3 is 10.4 Å². The van der Waals surface area contributed by atoms with Gasteiger partial charge in [-0.1, -0.05) is 6.92 Å². The molecule has 1 unspecified atom stereocenters. The van der Waals surface area contributed by atoms with Gasteiger partial charge in [0, 0.05) is 17.1 Å². The second kappa shape index (κ2) is 6.65. The molecule has 1 heterocycles. The van der Waals surface area contributed by atoms with Crippen molar-refractivity contribution < 1.29 is 18.3 Å². The van der Waals surface area contributed by atoms with Crippen molar-refractivity contribution in [1.82, 2.24) is 9.97 Å². The van der Waals surface area contributed by atoms with E-state index in [-0.39, 0.29) is 23.9 Å². The summed E-state index contributed by atoms with van der Waals surface area (Å²) in [6.45, 7) is 5.08. The predicted octanol–water partition coefficient (Wildman–Crippen LogP) is 0.783. The minimum atomic E-state index is -3.20. The van der Waals surface area contributed by atoms with Crippen molar-refractivity contribution in [3.8, 4) is 0 Å². The molecule has 0 aromatic carbocycles. The quantitative estimate of drug-likeness (QED) is 0.766. The van der Waals surface area contributed by atoms with Crippen molar-refractivity contribution in [3.05, 3.63) is 17.5 Å². The van der Waals surface area contributed by atoms with Crippen LogP contribution in [0.25, 0.3) is 0 Å². The lowest BCUT2D eigenvalue weighted by molar-refractivity contribution is -0.137. The molecule has 0 aliphatic heterocycles. The lowest BCUT2D eigenvalue weighted by Crippen LogP contribution is -2.32. The van der Waals surface area contributed by atoms with Gasteiger partial charge in [0.2, 0.25) is 5.95 Å². The molecule has 1 aromatic heterocycles. The molecule has 112 valence electrons. The van der Waals surface area contributed by atoms with Gasteiger partial charge in [-0.05, 0) is 26.3 Å². The zero-order chi connectivity index (χ0) is 15.3. The van der Waals surface area contributed by atoms with Crippen LogP contribution in [0, 0.1) is 13.8 Å². The molecular weight excluding hydrogens is 282 g/mol. The van der Waals surface area contributed by atoms with Crippen LogP contribution in [0.4, 0.5) is 5.95 Å². The van der Waals surface area contributed by atoms with E-state index in [0.29, 0.717) is 11.4 Å². The summed E-state index contributed by atoms with van der Waals surface area (Å²) >= 11 is 0. The van der Waals surface area contributed by atoms with E-state index >= 15 is 0 Å². The van der Waals surface area contributed by atoms with Crippen LogP contribution in [-0.4, -0.2) is 47.0 Å². The summed E-state index contributed by atoms with van der Waals surface area (Å²) in [5.41, 5.74) is 1.43. The average molecular weight is 301 g/mol. The highest BCUT2D eigenvalue weighted by Crippen LogP contribution is 2.08. The van der Waals surface area contributed by atoms with Crippen molar-refractivity contribution in [2.45, 2.75) is 33.2 Å². The Labute approximate surface area is 118 Å². The number of hydrogen-bond donors (Lipinski definition) is 2. The molecule has 0 spiro atoms. The number of rotatable bonds is 7. The molecule has 0 saturated heterocycles. The third kappa shape index (κ3) is 5.12. The molecular formula is C12H19N3O4S. The summed E-state index contributed by atoms with van der Waals surface area (Å²) in [6.07, 6.45) is -0.0259. The molecule has 0 bridgehead atoms. The minimum Gasteiger partial charge on any atom is -0.480 e. The SMILES string of the molecule is CCS(=O)(=O)CCC(Nc1nc(C)cc(C)n1)C(=O)O. The van der Waals surface area contributed by atoms with Crippen molar-refractivity contribution in [1.29, 1.82) is 0 Å². The van der Waals surface area contributed by atoms with Crippen LogP contribution >= 0.6 is 0 Å². The van der Waals surface area contributed by atoms with Gasteiger partial charge in [-0.25, -0.2) is 23.2 Å². The maximum absolute atomic E-state index is 11.4. The maximum atomic E-state index is 11.4. The summed E-state index contributed by atoms with van der Waals surface area (Å²) in [5.74, 6) is -1.11. The van der Waals surface area contributed by atoms with E-state index in [9.17, 15) is 13.2 Å². The summed E-state index contributed by atoms with van der Waals surface area (Å²) < 4.78 is 22.9. The Morgan fingerprint density at radius 1 is 1.35 bits per heavy atom. The van der Waals surface area contributed by atoms with E-state index in [1.807, 2.05) is 0 Å². The molecule has 2 N–H and O–H groups in total. The fourth-order valence-electron chi connectivity index (χ4n) is 1.65. The zero-order valence-corrected chi connectivity index (χ0v) is 12.6. The molecule has 0 saturated carbocycles. The van der Waals surface area contributed by atoms with E-state index in [4.69, 9.17) is 5.11 Å². The normalized spacial score (nSPS) is 12.9. The van der Waals surface area contributed by atoms with E-state index in [2.05, 4.69) is 15.3 Å². The summed E-state index contributed by atoms with van der Waals surface area (Å²) in [5, 5.41) is 11.8. The Kier molecular flexibility index (Phi) is 5.43. The molecule has 1 rings (SSSR count). The van der Waals surface area contributed by atoms with E-state index < -0.39 is 21.8 Å². The van der Waals surface area contributed by atoms with Crippen LogP contribution in [0.2, 0.25) is 0 Å². The van der Waals surface area contributed by atoms with E-state index in [1.54, 1.807) is 19.9 Å². The first kappa shape index (κ1) is 16.4. The van der Waals surface area contributed by atoms with Gasteiger partial charge in [-0.3, -0.25) is 0 Å². The molecule has 0 amide bonds. The Balaban J connectivity index is 2.80. The molecule has 0 fully saturated rings. The molecule has 7 nitrogen and oxygen atoms in total. The van der Waals surface area contributed by atoms with Crippen LogP contribution in [0.1, 0.15) is 24.7 Å². The Bertz CT molecular complexity index is 566. The molecule has 0 aliphatic carbocycles. The number of carboxylic acids is 1. The topological polar surface area (TPSA) is 109 Å². The number of hydrogen-bond acceptors (Lipinski definition) is 6. The number of aliphatic carboxylic acids is 1. The first-order chi connectivity index (χ1) is 9.23. The Hall–Kier alpha value is -1.70. The minimum absolute atomic E-state index is 0.000603. The second-order valence-corrected chi connectivity index (χ2v) is 7.01. The number of nitrogens with zero attached hydrogens (tertiary/aromatic N) is 2. The third-order valence-electron chi connectivity index (χ3n) is 2.74. The lowest BCUT2D eigenvalue weighted by Gasteiger charge is -2.14. The van der Waals surface area contributed by atoms with Crippen molar-refractivity contribution >= 4 is 21.8 Å². The molecule has 0 radical (unpaired) electrons. The number of sulfone groups is 1. The number of aromatic nitrogens is 2. The van der Waals surface area contributed by atoms with Crippen molar-refractivity contribution in [2.75, 3.05) is 16.8 Å². The number of anilines is 1. The van der Waals surface area contributed by atoms with Crippen molar-refractivity contribution in [2.24, 2.45) is 0 Å². The summed E-state index contributed by atoms with van der Waals surface area (Å²) in [7, 11) is -3.20. The number of nitrogens with one attached hydrogen (secondary N) is 1. The Morgan fingerprint density at radius 3 is 2.35 bits per heavy atom. The van der Waals surface area contributed by atoms with E-state index in [0.717, 1.165) is 0 Å². The first-order valence-electron chi connectivity index (χ1n) is 6.25. The molecule has 1 atom stereocenters. The number of carboxylic acid groups (broad SMARTS) is 1. The smallest absolute Gasteiger partial charge is 0.326 e. The number of aryl methyl sites for hydroxylation is 2. The van der Waals surface area contributed by atoms with Gasteiger partial charge in [0.05, 0.1) is 5.75 Å². The highest BCUT2D eigenvalue weighted by Gasteiger charge is 2.21. The van der Waals surface area contributed by atoms with Gasteiger partial charge in [-0.15, -0.1) is 0 Å². The standard InChI is InChI=1S/C12H19N3O4S/c1-4-20(18,19)6-5-10(11(16)17)15-12-13-8(2)7-9(3)14-12/h7,10H,4-6H2,1-3H3,(H,16,17)(H,13,14,15). The Morgan fingerprint density at radius 2 is 1.90 bits per heavy atom. The summed E-state index contributed by atoms with van der Waals surface area (Å²) in [4.78, 5) is 19.3. The van der Waals surface area contributed by atoms with Crippen LogP contribution < -0.4 is 5.32 Å². The fourth-order valence-corrected chi connectivity index (χ4v) is 2.53. The molecule has 0 aliphatic rings. The van der Waals surface area contributed by atoms with Gasteiger partial charge >= 0.3 is 5.97 Å². The van der Waals surface area contributed by atoms with Crippen LogP contribution in [0.3, 0.4) is 0 Å². The lowest BCUT2D eigenvalue weighted by atomic mass is 10.2. The molecule has 1 aromatic rings. The maximum Gasteiger partial charge on any atom is 0.326 e. The van der Waals surface area contributed by atoms with Crippen LogP contribution in [0.15, 0.2) is 6.07 Å². The zero-order valence-electron chi connectivity index (χ0n) is 11.8. The van der Waals surface area contributed by atoms with Crippen molar-refractivity contribution in [3.63, 3.8) is 0 Å². The van der Waals surface area contributed by atoms with Crippen LogP contribution in [-0.2, 0) is 14.6 Å². The third-order valence-corrected chi connectivity index (χ3v) is 4.48. The second-order valence-electron chi connectivity index (χ2n) is 4.53. The van der Waals surface area contributed by atoms with Gasteiger partial charge in [0.15, 0.2) is 0 Å².